The lowest BCUT2D eigenvalue weighted by atomic mass is 9.56. The molecular formula is C46H72O22. The molecule has 0 rings (SSSR count). The number of hydrogen-bond acceptors (Lipinski definition) is 11. The van der Waals surface area contributed by atoms with E-state index in [4.69, 9.17) is 0 Å². The van der Waals surface area contributed by atoms with Crippen molar-refractivity contribution in [1.29, 1.82) is 0 Å². The first-order chi connectivity index (χ1) is 30.0. The molecule has 0 aliphatic rings. The Morgan fingerprint density at radius 3 is 0.441 bits per heavy atom. The Bertz CT molecular complexity index is 2060. The molecule has 0 aromatic rings. The predicted molar refractivity (Wildman–Crippen MR) is 235 cm³/mol. The molecule has 0 aromatic carbocycles. The Labute approximate surface area is 394 Å². The van der Waals surface area contributed by atoms with E-state index in [0.29, 0.717) is 0 Å². The van der Waals surface area contributed by atoms with Crippen molar-refractivity contribution in [2.24, 2.45) is 59.6 Å². The molecule has 0 bridgehead atoms. The van der Waals surface area contributed by atoms with Crippen molar-refractivity contribution >= 4 is 65.7 Å². The van der Waals surface area contributed by atoms with Gasteiger partial charge in [0.25, 0.3) is 0 Å². The van der Waals surface area contributed by atoms with Crippen LogP contribution in [0.4, 0.5) is 0 Å². The molecule has 0 aliphatic heterocycles. The van der Waals surface area contributed by atoms with Gasteiger partial charge in [-0.25, -0.2) is 0 Å². The number of hydrogen-bond donors (Lipinski definition) is 11. The number of carbonyl (C=O) groups is 11. The van der Waals surface area contributed by atoms with Gasteiger partial charge in [-0.05, 0) is 154 Å². The molecule has 0 radical (unpaired) electrons. The maximum absolute atomic E-state index is 13.3. The Balaban J connectivity index is 7.64. The van der Waals surface area contributed by atoms with E-state index in [9.17, 15) is 109 Å². The Kier molecular flexibility index (Phi) is 18.7. The maximum atomic E-state index is 13.3. The van der Waals surface area contributed by atoms with Crippen molar-refractivity contribution in [1.82, 2.24) is 0 Å². The van der Waals surface area contributed by atoms with E-state index in [1.807, 2.05) is 0 Å². The molecule has 68 heavy (non-hydrogen) atoms. The highest BCUT2D eigenvalue weighted by Gasteiger charge is 2.60. The van der Waals surface area contributed by atoms with Crippen LogP contribution >= 0.6 is 0 Å². The van der Waals surface area contributed by atoms with E-state index in [2.05, 4.69) is 0 Å². The zero-order valence-corrected chi connectivity index (χ0v) is 41.2. The third-order valence-electron chi connectivity index (χ3n) is 14.4. The molecule has 0 heterocycles. The first-order valence-corrected chi connectivity index (χ1v) is 21.6. The number of carboxylic acid groups (broad SMARTS) is 11. The molecule has 0 saturated carbocycles. The van der Waals surface area contributed by atoms with E-state index < -0.39 is 189 Å². The number of carboxylic acids is 11. The summed E-state index contributed by atoms with van der Waals surface area (Å²) in [5, 5.41) is 115. The van der Waals surface area contributed by atoms with Crippen LogP contribution in [0.5, 0.6) is 0 Å². The fourth-order valence-corrected chi connectivity index (χ4v) is 11.1. The zero-order valence-electron chi connectivity index (χ0n) is 41.2. The third kappa shape index (κ3) is 13.9. The van der Waals surface area contributed by atoms with Crippen LogP contribution in [0.15, 0.2) is 0 Å². The largest absolute Gasteiger partial charge is 0.481 e. The van der Waals surface area contributed by atoms with Crippen molar-refractivity contribution in [2.45, 2.75) is 161 Å². The Morgan fingerprint density at radius 2 is 0.338 bits per heavy atom. The van der Waals surface area contributed by atoms with Crippen molar-refractivity contribution in [3.05, 3.63) is 0 Å². The van der Waals surface area contributed by atoms with Crippen LogP contribution in [0.2, 0.25) is 0 Å². The lowest BCUT2D eigenvalue weighted by Crippen LogP contribution is -2.50. The minimum Gasteiger partial charge on any atom is -0.481 e. The molecule has 388 valence electrons. The number of aliphatic carboxylic acids is 11. The van der Waals surface area contributed by atoms with Gasteiger partial charge in [0.05, 0.1) is 59.6 Å². The molecule has 0 saturated heterocycles. The summed E-state index contributed by atoms with van der Waals surface area (Å²) >= 11 is 0. The molecule has 22 nitrogen and oxygen atoms in total. The van der Waals surface area contributed by atoms with Crippen LogP contribution in [0.25, 0.3) is 0 Å². The highest BCUT2D eigenvalue weighted by atomic mass is 16.4. The summed E-state index contributed by atoms with van der Waals surface area (Å²) in [4.78, 5) is 142. The Morgan fingerprint density at radius 1 is 0.221 bits per heavy atom. The van der Waals surface area contributed by atoms with Crippen LogP contribution in [0.1, 0.15) is 161 Å². The molecule has 0 aromatic heterocycles. The normalized spacial score (nSPS) is 20.9. The van der Waals surface area contributed by atoms with Crippen molar-refractivity contribution in [3.8, 4) is 0 Å². The summed E-state index contributed by atoms with van der Waals surface area (Å²) in [5.74, 6) is -18.6. The summed E-state index contributed by atoms with van der Waals surface area (Å²) in [6.07, 6.45) is -9.32. The van der Waals surface area contributed by atoms with E-state index in [-0.39, 0.29) is 6.42 Å². The second-order valence-electron chi connectivity index (χ2n) is 23.0. The van der Waals surface area contributed by atoms with Crippen LogP contribution in [-0.4, -0.2) is 122 Å². The minimum atomic E-state index is -2.51. The number of rotatable bonds is 32. The summed E-state index contributed by atoms with van der Waals surface area (Å²) in [6.45, 7) is 14.0. The van der Waals surface area contributed by atoms with Gasteiger partial charge < -0.3 is 56.2 Å². The van der Waals surface area contributed by atoms with Gasteiger partial charge in [0, 0.05) is 0 Å². The average molecular weight is 977 g/mol. The van der Waals surface area contributed by atoms with Gasteiger partial charge in [0.2, 0.25) is 0 Å². The van der Waals surface area contributed by atoms with Gasteiger partial charge in [0.15, 0.2) is 0 Å². The molecule has 0 amide bonds. The van der Waals surface area contributed by atoms with Gasteiger partial charge in [0.1, 0.15) is 0 Å². The molecule has 0 aliphatic carbocycles. The van der Waals surface area contributed by atoms with Crippen LogP contribution in [0.3, 0.4) is 0 Å². The molecule has 10 unspecified atom stereocenters. The van der Waals surface area contributed by atoms with Crippen LogP contribution in [-0.2, 0) is 52.7 Å². The molecule has 22 heteroatoms. The lowest BCUT2D eigenvalue weighted by Gasteiger charge is -2.45. The summed E-state index contributed by atoms with van der Waals surface area (Å²) < 4.78 is 0. The molecule has 10 atom stereocenters. The third-order valence-corrected chi connectivity index (χ3v) is 14.4. The van der Waals surface area contributed by atoms with E-state index in [0.717, 1.165) is 62.3 Å². The fraction of sp³-hybridized carbons (Fsp3) is 0.761. The second kappa shape index (κ2) is 20.4. The van der Waals surface area contributed by atoms with E-state index in [1.54, 1.807) is 0 Å². The van der Waals surface area contributed by atoms with E-state index in [1.165, 1.54) is 27.7 Å². The predicted octanol–water partition coefficient (Wildman–Crippen LogP) is 6.32. The monoisotopic (exact) mass is 976 g/mol. The van der Waals surface area contributed by atoms with Gasteiger partial charge in [-0.2, -0.15) is 0 Å². The van der Waals surface area contributed by atoms with Crippen LogP contribution in [0, 0.1) is 59.6 Å². The average Bonchev–Trinajstić information content (AvgIpc) is 3.13. The lowest BCUT2D eigenvalue weighted by molar-refractivity contribution is -0.169. The first-order valence-electron chi connectivity index (χ1n) is 21.6. The van der Waals surface area contributed by atoms with Gasteiger partial charge in [-0.15, -0.1) is 0 Å². The summed E-state index contributed by atoms with van der Waals surface area (Å²) in [6, 6.07) is 0. The van der Waals surface area contributed by atoms with Gasteiger partial charge in [-0.3, -0.25) is 52.7 Å². The fourth-order valence-electron chi connectivity index (χ4n) is 11.1. The first kappa shape index (κ1) is 62.2. The molecular weight excluding hydrogens is 904 g/mol. The zero-order chi connectivity index (χ0) is 54.6. The van der Waals surface area contributed by atoms with Gasteiger partial charge in [-0.1, -0.05) is 6.92 Å². The van der Waals surface area contributed by atoms with Gasteiger partial charge >= 0.3 is 65.7 Å². The highest BCUT2D eigenvalue weighted by Crippen LogP contribution is 2.56. The summed E-state index contributed by atoms with van der Waals surface area (Å²) in [5.41, 5.74) is -24.7. The second-order valence-corrected chi connectivity index (χ2v) is 23.0. The van der Waals surface area contributed by atoms with Crippen molar-refractivity contribution in [3.63, 3.8) is 0 Å². The smallest absolute Gasteiger partial charge is 0.309 e. The molecule has 0 spiro atoms. The van der Waals surface area contributed by atoms with Crippen LogP contribution < -0.4 is 0 Å². The minimum absolute atomic E-state index is 0.0829. The van der Waals surface area contributed by atoms with E-state index >= 15 is 0 Å². The molecule has 11 N–H and O–H groups in total. The maximum Gasteiger partial charge on any atom is 0.309 e. The molecule has 0 fully saturated rings. The quantitative estimate of drug-likeness (QED) is 0.0351. The SMILES string of the molecule is CCC(C)(CC(C)(CC(C)(CC(C)(CC(C)(CC(C)(CC(C)(CC(C)(CC(C)(CC(C)(CC(C)(C)C(=O)O)C(=O)O)C(=O)O)C(=O)O)C(=O)O)C(=O)O)C(=O)O)C(=O)O)C(=O)O)C(=O)O)C(=O)O. The van der Waals surface area contributed by atoms with Crippen molar-refractivity contribution in [2.75, 3.05) is 0 Å². The Hall–Kier alpha value is -5.83. The topological polar surface area (TPSA) is 410 Å². The van der Waals surface area contributed by atoms with Crippen molar-refractivity contribution < 1.29 is 109 Å². The highest BCUT2D eigenvalue weighted by molar-refractivity contribution is 5.86. The summed E-state index contributed by atoms with van der Waals surface area (Å²) in [7, 11) is 0. The standard InChI is InChI=1S/C46H72O22/c1-14-37(4,26(49)50)16-39(6,28(53)54)18-41(8,30(57)58)20-43(10,32(61)62)22-45(12,34(65)66)24-46(13,35(67)68)23-44(11,33(63)64)21-42(9,31(59)60)19-40(7,29(55)56)17-38(5,27(51)52)15-36(2,3)25(47)48/h14-24H2,1-13H3,(H,47,48)(H,49,50)(H,51,52)(H,53,54)(H,55,56)(H,57,58)(H,59,60)(H,61,62)(H,63,64)(H,65,66)(H,67,68).